The molecule has 3 aromatic rings. The Morgan fingerprint density at radius 1 is 1.26 bits per heavy atom. The van der Waals surface area contributed by atoms with Crippen LogP contribution in [0.4, 0.5) is 13.6 Å². The first-order valence-corrected chi connectivity index (χ1v) is 7.66. The summed E-state index contributed by atoms with van der Waals surface area (Å²) in [6.45, 7) is 0. The van der Waals surface area contributed by atoms with Gasteiger partial charge in [0.05, 0.1) is 7.11 Å². The molecule has 27 heavy (non-hydrogen) atoms. The SMILES string of the molecule is COc1ccc2c(=O)oc([C@H](Cc3cc(F)cc(F)c3)NC(=O)O)nc2n1. The summed E-state index contributed by atoms with van der Waals surface area (Å²) in [6, 6.07) is 4.45. The van der Waals surface area contributed by atoms with Gasteiger partial charge in [-0.25, -0.2) is 18.4 Å². The van der Waals surface area contributed by atoms with Crippen molar-refractivity contribution in [2.75, 3.05) is 7.11 Å². The summed E-state index contributed by atoms with van der Waals surface area (Å²) in [6.07, 6.45) is -1.63. The Balaban J connectivity index is 2.06. The van der Waals surface area contributed by atoms with Gasteiger partial charge in [-0.3, -0.25) is 0 Å². The Kier molecular flexibility index (Phi) is 4.97. The number of amides is 1. The van der Waals surface area contributed by atoms with E-state index >= 15 is 0 Å². The van der Waals surface area contributed by atoms with Crippen LogP contribution in [-0.4, -0.2) is 28.3 Å². The Bertz CT molecular complexity index is 1050. The lowest BCUT2D eigenvalue weighted by Gasteiger charge is -2.15. The number of pyridine rings is 1. The second-order valence-electron chi connectivity index (χ2n) is 5.55. The molecule has 1 amide bonds. The molecule has 0 aliphatic carbocycles. The largest absolute Gasteiger partial charge is 0.481 e. The van der Waals surface area contributed by atoms with Crippen LogP contribution in [0.2, 0.25) is 0 Å². The predicted molar refractivity (Wildman–Crippen MR) is 88.6 cm³/mol. The lowest BCUT2D eigenvalue weighted by molar-refractivity contribution is 0.186. The van der Waals surface area contributed by atoms with Crippen LogP contribution in [0, 0.1) is 11.6 Å². The molecule has 0 saturated heterocycles. The average Bonchev–Trinajstić information content (AvgIpc) is 2.59. The maximum atomic E-state index is 13.4. The number of halogens is 2. The third-order valence-electron chi connectivity index (χ3n) is 3.65. The topological polar surface area (TPSA) is 115 Å². The van der Waals surface area contributed by atoms with Crippen molar-refractivity contribution in [1.29, 1.82) is 0 Å². The lowest BCUT2D eigenvalue weighted by atomic mass is 10.1. The quantitative estimate of drug-likeness (QED) is 0.702. The van der Waals surface area contributed by atoms with Crippen LogP contribution >= 0.6 is 0 Å². The van der Waals surface area contributed by atoms with Crippen molar-refractivity contribution < 1.29 is 27.8 Å². The molecule has 0 bridgehead atoms. The molecule has 3 rings (SSSR count). The number of aromatic nitrogens is 2. The highest BCUT2D eigenvalue weighted by Crippen LogP contribution is 2.20. The van der Waals surface area contributed by atoms with Crippen LogP contribution in [-0.2, 0) is 6.42 Å². The molecule has 2 heterocycles. The van der Waals surface area contributed by atoms with E-state index < -0.39 is 29.4 Å². The van der Waals surface area contributed by atoms with Crippen molar-refractivity contribution in [2.24, 2.45) is 0 Å². The van der Waals surface area contributed by atoms with Crippen LogP contribution in [0.25, 0.3) is 11.0 Å². The first-order chi connectivity index (χ1) is 12.9. The van der Waals surface area contributed by atoms with Gasteiger partial charge in [-0.2, -0.15) is 9.97 Å². The van der Waals surface area contributed by atoms with Crippen LogP contribution in [0.15, 0.2) is 39.5 Å². The normalized spacial score (nSPS) is 12.0. The number of rotatable bonds is 5. The minimum absolute atomic E-state index is 0.0109. The molecule has 0 fully saturated rings. The number of ether oxygens (including phenoxy) is 1. The molecular formula is C17H13F2N3O5. The van der Waals surface area contributed by atoms with E-state index in [-0.39, 0.29) is 34.8 Å². The molecule has 0 radical (unpaired) electrons. The number of nitrogens with zero attached hydrogens (tertiary/aromatic N) is 2. The van der Waals surface area contributed by atoms with E-state index in [0.29, 0.717) is 6.07 Å². The van der Waals surface area contributed by atoms with E-state index in [1.165, 1.54) is 19.2 Å². The minimum Gasteiger partial charge on any atom is -0.481 e. The van der Waals surface area contributed by atoms with Gasteiger partial charge in [-0.1, -0.05) is 0 Å². The number of fused-ring (bicyclic) bond motifs is 1. The number of hydrogen-bond donors (Lipinski definition) is 2. The first kappa shape index (κ1) is 18.2. The molecule has 0 spiro atoms. The Hall–Kier alpha value is -3.56. The molecule has 0 aliphatic heterocycles. The van der Waals surface area contributed by atoms with Gasteiger partial charge < -0.3 is 19.6 Å². The summed E-state index contributed by atoms with van der Waals surface area (Å²) in [5, 5.41) is 11.3. The van der Waals surface area contributed by atoms with E-state index in [9.17, 15) is 18.4 Å². The summed E-state index contributed by atoms with van der Waals surface area (Å²) in [5.41, 5.74) is -0.648. The van der Waals surface area contributed by atoms with Crippen molar-refractivity contribution in [3.05, 3.63) is 63.8 Å². The Morgan fingerprint density at radius 2 is 1.96 bits per heavy atom. The predicted octanol–water partition coefficient (Wildman–Crippen LogP) is 2.42. The fourth-order valence-electron chi connectivity index (χ4n) is 2.53. The number of benzene rings is 1. The maximum absolute atomic E-state index is 13.4. The second kappa shape index (κ2) is 7.36. The summed E-state index contributed by atoms with van der Waals surface area (Å²) in [7, 11) is 1.38. The van der Waals surface area contributed by atoms with Crippen molar-refractivity contribution in [3.8, 4) is 5.88 Å². The number of methoxy groups -OCH3 is 1. The summed E-state index contributed by atoms with van der Waals surface area (Å²) in [5.74, 6) is -1.74. The number of carboxylic acid groups (broad SMARTS) is 1. The number of hydrogen-bond acceptors (Lipinski definition) is 6. The van der Waals surface area contributed by atoms with Crippen LogP contribution in [0.1, 0.15) is 17.5 Å². The van der Waals surface area contributed by atoms with Gasteiger partial charge in [0.25, 0.3) is 0 Å². The van der Waals surface area contributed by atoms with Gasteiger partial charge in [0.2, 0.25) is 11.8 Å². The third-order valence-corrected chi connectivity index (χ3v) is 3.65. The molecular weight excluding hydrogens is 364 g/mol. The maximum Gasteiger partial charge on any atom is 0.405 e. The van der Waals surface area contributed by atoms with Gasteiger partial charge in [0.15, 0.2) is 5.65 Å². The molecule has 0 saturated carbocycles. The zero-order chi connectivity index (χ0) is 19.6. The highest BCUT2D eigenvalue weighted by atomic mass is 19.1. The van der Waals surface area contributed by atoms with Crippen molar-refractivity contribution in [3.63, 3.8) is 0 Å². The van der Waals surface area contributed by atoms with E-state index in [1.54, 1.807) is 0 Å². The lowest BCUT2D eigenvalue weighted by Crippen LogP contribution is -2.30. The van der Waals surface area contributed by atoms with Gasteiger partial charge in [-0.05, 0) is 23.8 Å². The summed E-state index contributed by atoms with van der Waals surface area (Å²) < 4.78 is 36.9. The molecule has 140 valence electrons. The van der Waals surface area contributed by atoms with Crippen LogP contribution < -0.4 is 15.7 Å². The fraction of sp³-hybridized carbons (Fsp3) is 0.176. The smallest absolute Gasteiger partial charge is 0.405 e. The van der Waals surface area contributed by atoms with Crippen molar-refractivity contribution in [2.45, 2.75) is 12.5 Å². The van der Waals surface area contributed by atoms with Crippen LogP contribution in [0.3, 0.4) is 0 Å². The van der Waals surface area contributed by atoms with E-state index in [0.717, 1.165) is 12.1 Å². The molecule has 0 aliphatic rings. The zero-order valence-electron chi connectivity index (χ0n) is 13.9. The standard InChI is InChI=1S/C17H13F2N3O5/c1-26-13-3-2-11-14(21-13)22-15(27-16(11)23)12(20-17(24)25)6-8-4-9(18)7-10(19)5-8/h2-5,7,12,20H,6H2,1H3,(H,24,25)/t12-/m0/s1. The zero-order valence-corrected chi connectivity index (χ0v) is 13.9. The summed E-state index contributed by atoms with van der Waals surface area (Å²) in [4.78, 5) is 31.4. The molecule has 1 atom stereocenters. The molecule has 8 nitrogen and oxygen atoms in total. The molecule has 1 aromatic carbocycles. The van der Waals surface area contributed by atoms with E-state index in [1.807, 2.05) is 0 Å². The van der Waals surface area contributed by atoms with Gasteiger partial charge in [0.1, 0.15) is 23.1 Å². The molecule has 2 aromatic heterocycles. The van der Waals surface area contributed by atoms with Crippen molar-refractivity contribution >= 4 is 17.1 Å². The highest BCUT2D eigenvalue weighted by Gasteiger charge is 2.22. The highest BCUT2D eigenvalue weighted by molar-refractivity contribution is 5.73. The van der Waals surface area contributed by atoms with Gasteiger partial charge in [-0.15, -0.1) is 0 Å². The van der Waals surface area contributed by atoms with Gasteiger partial charge in [0, 0.05) is 18.6 Å². The third kappa shape index (κ3) is 4.17. The molecule has 0 unspecified atom stereocenters. The first-order valence-electron chi connectivity index (χ1n) is 7.66. The van der Waals surface area contributed by atoms with E-state index in [4.69, 9.17) is 14.3 Å². The van der Waals surface area contributed by atoms with Gasteiger partial charge >= 0.3 is 11.7 Å². The Morgan fingerprint density at radius 3 is 2.59 bits per heavy atom. The monoisotopic (exact) mass is 377 g/mol. The number of carbonyl (C=O) groups is 1. The van der Waals surface area contributed by atoms with Crippen LogP contribution in [0.5, 0.6) is 5.88 Å². The fourth-order valence-corrected chi connectivity index (χ4v) is 2.53. The van der Waals surface area contributed by atoms with E-state index in [2.05, 4.69) is 15.3 Å². The summed E-state index contributed by atoms with van der Waals surface area (Å²) >= 11 is 0. The molecule has 2 N–H and O–H groups in total. The average molecular weight is 377 g/mol. The Labute approximate surface area is 150 Å². The van der Waals surface area contributed by atoms with Crippen molar-refractivity contribution in [1.82, 2.24) is 15.3 Å². The minimum atomic E-state index is -1.43. The second-order valence-corrected chi connectivity index (χ2v) is 5.55. The number of nitrogens with one attached hydrogen (secondary N) is 1. The molecule has 10 heteroatoms.